The Balaban J connectivity index is 1.96. The van der Waals surface area contributed by atoms with Crippen LogP contribution in [0, 0.1) is 5.92 Å². The summed E-state index contributed by atoms with van der Waals surface area (Å²) in [4.78, 5) is 12.2. The third-order valence-electron chi connectivity index (χ3n) is 3.87. The normalized spacial score (nSPS) is 19.0. The average Bonchev–Trinajstić information content (AvgIpc) is 2.56. The standard InChI is InChI=1S/C17H23NO3/c1-20-15-11-7-6-10-14(15)16(21-2)12-18-17(19)13-8-4-3-5-9-13/h3-4,6-7,10-11,13,16H,5,8-9,12H2,1-2H3,(H,18,19)/t13-,16+/m0/s1. The van der Waals surface area contributed by atoms with Crippen molar-refractivity contribution >= 4 is 5.91 Å². The highest BCUT2D eigenvalue weighted by Crippen LogP contribution is 2.26. The molecule has 1 aliphatic carbocycles. The third-order valence-corrected chi connectivity index (χ3v) is 3.87. The number of ether oxygens (including phenoxy) is 2. The van der Waals surface area contributed by atoms with Crippen LogP contribution in [0.25, 0.3) is 0 Å². The van der Waals surface area contributed by atoms with E-state index in [1.165, 1.54) is 0 Å². The molecule has 0 aromatic heterocycles. The molecule has 0 fully saturated rings. The largest absolute Gasteiger partial charge is 0.496 e. The maximum atomic E-state index is 12.2. The molecular formula is C17H23NO3. The van der Waals surface area contributed by atoms with E-state index in [-0.39, 0.29) is 17.9 Å². The molecule has 2 rings (SSSR count). The summed E-state index contributed by atoms with van der Waals surface area (Å²) in [6, 6.07) is 7.72. The van der Waals surface area contributed by atoms with Gasteiger partial charge in [0.2, 0.25) is 5.91 Å². The average molecular weight is 289 g/mol. The molecule has 4 heteroatoms. The molecule has 0 bridgehead atoms. The Bertz CT molecular complexity index is 499. The molecule has 114 valence electrons. The Labute approximate surface area is 126 Å². The van der Waals surface area contributed by atoms with Gasteiger partial charge in [-0.2, -0.15) is 0 Å². The van der Waals surface area contributed by atoms with Crippen molar-refractivity contribution < 1.29 is 14.3 Å². The Morgan fingerprint density at radius 1 is 1.33 bits per heavy atom. The van der Waals surface area contributed by atoms with E-state index in [4.69, 9.17) is 9.47 Å². The molecule has 0 spiro atoms. The number of amides is 1. The third kappa shape index (κ3) is 4.08. The van der Waals surface area contributed by atoms with Crippen LogP contribution in [0.2, 0.25) is 0 Å². The van der Waals surface area contributed by atoms with Gasteiger partial charge in [-0.15, -0.1) is 0 Å². The summed E-state index contributed by atoms with van der Waals surface area (Å²) in [7, 11) is 3.28. The second kappa shape index (κ2) is 7.84. The number of carbonyl (C=O) groups excluding carboxylic acids is 1. The van der Waals surface area contributed by atoms with Crippen LogP contribution in [0.1, 0.15) is 30.9 Å². The summed E-state index contributed by atoms with van der Waals surface area (Å²) < 4.78 is 10.9. The molecule has 1 amide bonds. The molecule has 0 radical (unpaired) electrons. The number of hydrogen-bond acceptors (Lipinski definition) is 3. The fourth-order valence-electron chi connectivity index (χ4n) is 2.62. The van der Waals surface area contributed by atoms with Gasteiger partial charge in [-0.1, -0.05) is 30.4 Å². The van der Waals surface area contributed by atoms with Gasteiger partial charge in [-0.25, -0.2) is 0 Å². The summed E-state index contributed by atoms with van der Waals surface area (Å²) in [6.07, 6.45) is 6.76. The van der Waals surface area contributed by atoms with E-state index >= 15 is 0 Å². The van der Waals surface area contributed by atoms with Crippen molar-refractivity contribution in [2.75, 3.05) is 20.8 Å². The van der Waals surface area contributed by atoms with Crippen molar-refractivity contribution in [3.05, 3.63) is 42.0 Å². The van der Waals surface area contributed by atoms with E-state index in [0.29, 0.717) is 6.54 Å². The van der Waals surface area contributed by atoms with Gasteiger partial charge in [-0.05, 0) is 25.3 Å². The highest BCUT2D eigenvalue weighted by molar-refractivity contribution is 5.79. The Kier molecular flexibility index (Phi) is 5.81. The lowest BCUT2D eigenvalue weighted by molar-refractivity contribution is -0.125. The smallest absolute Gasteiger partial charge is 0.223 e. The van der Waals surface area contributed by atoms with Gasteiger partial charge in [-0.3, -0.25) is 4.79 Å². The number of hydrogen-bond donors (Lipinski definition) is 1. The van der Waals surface area contributed by atoms with Gasteiger partial charge in [0.05, 0.1) is 7.11 Å². The van der Waals surface area contributed by atoms with Crippen LogP contribution < -0.4 is 10.1 Å². The van der Waals surface area contributed by atoms with Gasteiger partial charge >= 0.3 is 0 Å². The Morgan fingerprint density at radius 3 is 2.81 bits per heavy atom. The second-order valence-corrected chi connectivity index (χ2v) is 5.19. The first kappa shape index (κ1) is 15.6. The first-order valence-corrected chi connectivity index (χ1v) is 7.34. The molecule has 0 saturated heterocycles. The van der Waals surface area contributed by atoms with E-state index in [1.807, 2.05) is 24.3 Å². The first-order valence-electron chi connectivity index (χ1n) is 7.34. The summed E-state index contributed by atoms with van der Waals surface area (Å²) in [5.74, 6) is 0.973. The van der Waals surface area contributed by atoms with Gasteiger partial charge in [0.25, 0.3) is 0 Å². The van der Waals surface area contributed by atoms with Crippen molar-refractivity contribution in [2.24, 2.45) is 5.92 Å². The predicted molar refractivity (Wildman–Crippen MR) is 82.2 cm³/mol. The van der Waals surface area contributed by atoms with E-state index in [1.54, 1.807) is 14.2 Å². The van der Waals surface area contributed by atoms with Crippen LogP contribution in [0.3, 0.4) is 0 Å². The second-order valence-electron chi connectivity index (χ2n) is 5.19. The summed E-state index contributed by atoms with van der Waals surface area (Å²) in [5.41, 5.74) is 0.950. The highest BCUT2D eigenvalue weighted by atomic mass is 16.5. The fourth-order valence-corrected chi connectivity index (χ4v) is 2.62. The van der Waals surface area contributed by atoms with Crippen LogP contribution in [0.4, 0.5) is 0 Å². The van der Waals surface area contributed by atoms with Crippen LogP contribution in [-0.4, -0.2) is 26.7 Å². The maximum Gasteiger partial charge on any atom is 0.223 e. The minimum Gasteiger partial charge on any atom is -0.496 e. The van der Waals surface area contributed by atoms with Crippen LogP contribution in [0.15, 0.2) is 36.4 Å². The van der Waals surface area contributed by atoms with Crippen molar-refractivity contribution in [1.29, 1.82) is 0 Å². The summed E-state index contributed by atoms with van der Waals surface area (Å²) in [5, 5.41) is 3.00. The summed E-state index contributed by atoms with van der Waals surface area (Å²) >= 11 is 0. The lowest BCUT2D eigenvalue weighted by atomic mass is 9.93. The number of allylic oxidation sites excluding steroid dienone is 2. The molecule has 1 aromatic rings. The molecule has 21 heavy (non-hydrogen) atoms. The number of para-hydroxylation sites is 1. The fraction of sp³-hybridized carbons (Fsp3) is 0.471. The Hall–Kier alpha value is -1.81. The molecule has 1 aromatic carbocycles. The highest BCUT2D eigenvalue weighted by Gasteiger charge is 2.21. The van der Waals surface area contributed by atoms with E-state index in [2.05, 4.69) is 17.5 Å². The minimum absolute atomic E-state index is 0.0881. The van der Waals surface area contributed by atoms with Crippen LogP contribution in [0.5, 0.6) is 5.75 Å². The topological polar surface area (TPSA) is 47.6 Å². The van der Waals surface area contributed by atoms with Gasteiger partial charge in [0, 0.05) is 25.1 Å². The predicted octanol–water partition coefficient (Wildman–Crippen LogP) is 2.86. The van der Waals surface area contributed by atoms with Crippen LogP contribution >= 0.6 is 0 Å². The number of rotatable bonds is 6. The lowest BCUT2D eigenvalue weighted by Crippen LogP contribution is -2.34. The minimum atomic E-state index is -0.204. The van der Waals surface area contributed by atoms with Crippen molar-refractivity contribution in [1.82, 2.24) is 5.32 Å². The van der Waals surface area contributed by atoms with Gasteiger partial charge in [0.1, 0.15) is 11.9 Å². The molecule has 0 heterocycles. The number of methoxy groups -OCH3 is 2. The van der Waals surface area contributed by atoms with E-state index in [0.717, 1.165) is 30.6 Å². The zero-order valence-electron chi connectivity index (χ0n) is 12.7. The summed E-state index contributed by atoms with van der Waals surface area (Å²) in [6.45, 7) is 0.454. The molecule has 0 unspecified atom stereocenters. The molecule has 1 N–H and O–H groups in total. The number of nitrogens with one attached hydrogen (secondary N) is 1. The monoisotopic (exact) mass is 289 g/mol. The number of benzene rings is 1. The molecule has 1 aliphatic rings. The quantitative estimate of drug-likeness (QED) is 0.819. The van der Waals surface area contributed by atoms with E-state index in [9.17, 15) is 4.79 Å². The van der Waals surface area contributed by atoms with Gasteiger partial charge in [0.15, 0.2) is 0 Å². The van der Waals surface area contributed by atoms with Gasteiger partial charge < -0.3 is 14.8 Å². The van der Waals surface area contributed by atoms with Crippen LogP contribution in [-0.2, 0) is 9.53 Å². The van der Waals surface area contributed by atoms with E-state index < -0.39 is 0 Å². The zero-order chi connectivity index (χ0) is 15.1. The Morgan fingerprint density at radius 2 is 2.14 bits per heavy atom. The van der Waals surface area contributed by atoms with Crippen molar-refractivity contribution in [3.8, 4) is 5.75 Å². The molecule has 0 aliphatic heterocycles. The maximum absolute atomic E-state index is 12.2. The first-order chi connectivity index (χ1) is 10.3. The van der Waals surface area contributed by atoms with Crippen molar-refractivity contribution in [3.63, 3.8) is 0 Å². The molecule has 4 nitrogen and oxygen atoms in total. The van der Waals surface area contributed by atoms with Crippen molar-refractivity contribution in [2.45, 2.75) is 25.4 Å². The molecule has 2 atom stereocenters. The number of carbonyl (C=O) groups is 1. The molecule has 0 saturated carbocycles. The molecular weight excluding hydrogens is 266 g/mol. The SMILES string of the molecule is COc1ccccc1[C@@H](CNC(=O)[C@H]1CC=CCC1)OC. The zero-order valence-corrected chi connectivity index (χ0v) is 12.7. The lowest BCUT2D eigenvalue weighted by Gasteiger charge is -2.22.